The van der Waals surface area contributed by atoms with E-state index in [0.717, 1.165) is 17.5 Å². The number of ether oxygens (including phenoxy) is 1. The Hall–Kier alpha value is -2.81. The molecule has 0 saturated heterocycles. The molecular weight excluding hydrogens is 565 g/mol. The van der Waals surface area contributed by atoms with Gasteiger partial charge < -0.3 is 27.0 Å². The third-order valence-corrected chi connectivity index (χ3v) is 7.40. The smallest absolute Gasteiger partial charge is 0.173 e. The maximum Gasteiger partial charge on any atom is 0.173 e. The van der Waals surface area contributed by atoms with Crippen LogP contribution in [0, 0.1) is 5.82 Å². The number of carbonyl (C=O) groups excluding carboxylic acids is 1. The Morgan fingerprint density at radius 1 is 1.02 bits per heavy atom. The van der Waals surface area contributed by atoms with Crippen LogP contribution in [0.5, 0.6) is 5.75 Å². The first-order valence-electron chi connectivity index (χ1n) is 15.4. The Balaban J connectivity index is 0.000000717. The molecule has 0 aromatic heterocycles. The number of carbonyl (C=O) groups is 1. The summed E-state index contributed by atoms with van der Waals surface area (Å²) in [5, 5.41) is 10.2. The van der Waals surface area contributed by atoms with Crippen molar-refractivity contribution >= 4 is 17.9 Å². The van der Waals surface area contributed by atoms with E-state index in [4.69, 9.17) is 27.8 Å². The average molecular weight is 616 g/mol. The summed E-state index contributed by atoms with van der Waals surface area (Å²) in [4.78, 5) is 11.7. The quantitative estimate of drug-likeness (QED) is 0.175. The van der Waals surface area contributed by atoms with E-state index < -0.39 is 11.9 Å². The SMILES string of the molecule is CC.CCCC(O)COc1ccc(C=O)c(-c2cc(C(CN)c3ccccc3)ccc2Cl)c1F.CN.NC1CCCCC1. The Kier molecular flexibility index (Phi) is 19.4. The van der Waals surface area contributed by atoms with Gasteiger partial charge in [-0.15, -0.1) is 0 Å². The number of rotatable bonds is 10. The van der Waals surface area contributed by atoms with E-state index in [9.17, 15) is 9.90 Å². The first kappa shape index (κ1) is 38.2. The van der Waals surface area contributed by atoms with Gasteiger partial charge in [-0.25, -0.2) is 4.39 Å². The van der Waals surface area contributed by atoms with Crippen molar-refractivity contribution in [3.05, 3.63) is 88.2 Å². The summed E-state index contributed by atoms with van der Waals surface area (Å²) in [7, 11) is 1.50. The zero-order valence-corrected chi connectivity index (χ0v) is 27.0. The van der Waals surface area contributed by atoms with E-state index in [1.165, 1.54) is 51.3 Å². The van der Waals surface area contributed by atoms with Crippen LogP contribution in [0.3, 0.4) is 0 Å². The molecule has 0 spiro atoms. The lowest BCUT2D eigenvalue weighted by molar-refractivity contribution is 0.0972. The van der Waals surface area contributed by atoms with Gasteiger partial charge in [0.25, 0.3) is 0 Å². The van der Waals surface area contributed by atoms with Crippen LogP contribution in [0.2, 0.25) is 5.02 Å². The average Bonchev–Trinajstić information content (AvgIpc) is 3.05. The van der Waals surface area contributed by atoms with E-state index in [-0.39, 0.29) is 29.4 Å². The minimum Gasteiger partial charge on any atom is -0.488 e. The summed E-state index contributed by atoms with van der Waals surface area (Å²) in [6.07, 6.45) is 7.89. The van der Waals surface area contributed by atoms with Gasteiger partial charge in [0.1, 0.15) is 6.61 Å². The molecular formula is C35H51ClFN3O3. The molecule has 3 aromatic carbocycles. The van der Waals surface area contributed by atoms with Crippen molar-refractivity contribution in [2.75, 3.05) is 20.2 Å². The Labute approximate surface area is 262 Å². The van der Waals surface area contributed by atoms with Crippen LogP contribution in [-0.2, 0) is 0 Å². The van der Waals surface area contributed by atoms with Crippen molar-refractivity contribution in [3.63, 3.8) is 0 Å². The fourth-order valence-electron chi connectivity index (χ4n) is 4.89. The van der Waals surface area contributed by atoms with Gasteiger partial charge in [-0.05, 0) is 61.7 Å². The molecule has 0 aliphatic heterocycles. The summed E-state index contributed by atoms with van der Waals surface area (Å²) in [6, 6.07) is 18.5. The molecule has 43 heavy (non-hydrogen) atoms. The van der Waals surface area contributed by atoms with Crippen LogP contribution < -0.4 is 21.9 Å². The molecule has 3 aromatic rings. The summed E-state index contributed by atoms with van der Waals surface area (Å²) in [5.41, 5.74) is 18.7. The standard InChI is InChI=1S/C26H27ClFNO3.C6H13N.C2H6.CH5N/c1-2-6-20(31)16-32-24-12-10-19(15-30)25(26(24)28)21-13-18(9-11-23(21)27)22(14-29)17-7-4-3-5-8-17;7-6-4-2-1-3-5-6;2*1-2/h3-5,7-13,15,20,22,31H,2,6,14,16,29H2,1H3;6H,1-5,7H2;1-2H3;2H2,1H3. The van der Waals surface area contributed by atoms with Gasteiger partial charge in [-0.3, -0.25) is 4.79 Å². The highest BCUT2D eigenvalue weighted by Gasteiger charge is 2.21. The summed E-state index contributed by atoms with van der Waals surface area (Å²) in [6.45, 7) is 6.26. The van der Waals surface area contributed by atoms with Crippen molar-refractivity contribution < 1.29 is 19.0 Å². The third kappa shape index (κ3) is 12.0. The molecule has 0 amide bonds. The molecule has 0 heterocycles. The number of nitrogens with two attached hydrogens (primary N) is 3. The van der Waals surface area contributed by atoms with Gasteiger partial charge in [-0.2, -0.15) is 0 Å². The Morgan fingerprint density at radius 2 is 1.67 bits per heavy atom. The predicted octanol–water partition coefficient (Wildman–Crippen LogP) is 7.47. The zero-order chi connectivity index (χ0) is 32.2. The van der Waals surface area contributed by atoms with Gasteiger partial charge in [0.15, 0.2) is 17.9 Å². The van der Waals surface area contributed by atoms with E-state index in [0.29, 0.717) is 35.9 Å². The first-order chi connectivity index (χ1) is 20.9. The maximum atomic E-state index is 15.5. The second kappa shape index (κ2) is 21.8. The molecule has 1 fully saturated rings. The van der Waals surface area contributed by atoms with Crippen LogP contribution in [0.25, 0.3) is 11.1 Å². The number of benzene rings is 3. The van der Waals surface area contributed by atoms with Gasteiger partial charge in [0.05, 0.1) is 6.10 Å². The molecule has 2 unspecified atom stereocenters. The normalized spacial score (nSPS) is 14.0. The fourth-order valence-corrected chi connectivity index (χ4v) is 5.11. The van der Waals surface area contributed by atoms with Crippen molar-refractivity contribution in [1.82, 2.24) is 0 Å². The molecule has 0 radical (unpaired) electrons. The van der Waals surface area contributed by atoms with Crippen LogP contribution in [0.15, 0.2) is 60.7 Å². The second-order valence-corrected chi connectivity index (χ2v) is 10.5. The molecule has 4 rings (SSSR count). The van der Waals surface area contributed by atoms with Crippen LogP contribution in [-0.4, -0.2) is 43.7 Å². The van der Waals surface area contributed by atoms with Gasteiger partial charge >= 0.3 is 0 Å². The lowest BCUT2D eigenvalue weighted by Crippen LogP contribution is -2.22. The van der Waals surface area contributed by atoms with E-state index >= 15 is 4.39 Å². The minimum absolute atomic E-state index is 0.0400. The number of aldehydes is 1. The highest BCUT2D eigenvalue weighted by atomic mass is 35.5. The lowest BCUT2D eigenvalue weighted by Gasteiger charge is -2.19. The molecule has 2 atom stereocenters. The van der Waals surface area contributed by atoms with E-state index in [1.54, 1.807) is 12.1 Å². The largest absolute Gasteiger partial charge is 0.488 e. The topological polar surface area (TPSA) is 125 Å². The molecule has 1 aliphatic rings. The van der Waals surface area contributed by atoms with Crippen LogP contribution in [0.1, 0.15) is 93.1 Å². The minimum atomic E-state index is -0.698. The third-order valence-electron chi connectivity index (χ3n) is 7.07. The second-order valence-electron chi connectivity index (χ2n) is 10.0. The molecule has 1 saturated carbocycles. The van der Waals surface area contributed by atoms with Crippen LogP contribution in [0.4, 0.5) is 4.39 Å². The molecule has 6 nitrogen and oxygen atoms in total. The van der Waals surface area contributed by atoms with Crippen molar-refractivity contribution in [1.29, 1.82) is 0 Å². The first-order valence-corrected chi connectivity index (χ1v) is 15.7. The number of aliphatic hydroxyl groups is 1. The Bertz CT molecular complexity index is 1190. The summed E-state index contributed by atoms with van der Waals surface area (Å²) >= 11 is 6.45. The number of aliphatic hydroxyl groups excluding tert-OH is 1. The maximum absolute atomic E-state index is 15.5. The van der Waals surface area contributed by atoms with E-state index in [1.807, 2.05) is 57.2 Å². The van der Waals surface area contributed by atoms with Crippen molar-refractivity contribution in [3.8, 4) is 16.9 Å². The van der Waals surface area contributed by atoms with Crippen molar-refractivity contribution in [2.24, 2.45) is 17.2 Å². The predicted molar refractivity (Wildman–Crippen MR) is 179 cm³/mol. The van der Waals surface area contributed by atoms with Gasteiger partial charge in [0.2, 0.25) is 0 Å². The molecule has 0 bridgehead atoms. The van der Waals surface area contributed by atoms with Crippen molar-refractivity contribution in [2.45, 2.75) is 83.8 Å². The zero-order valence-electron chi connectivity index (χ0n) is 26.2. The number of halogens is 2. The molecule has 1 aliphatic carbocycles. The lowest BCUT2D eigenvalue weighted by atomic mass is 9.88. The molecule has 8 heteroatoms. The monoisotopic (exact) mass is 615 g/mol. The van der Waals surface area contributed by atoms with Gasteiger partial charge in [-0.1, -0.05) is 94.5 Å². The highest BCUT2D eigenvalue weighted by molar-refractivity contribution is 6.33. The van der Waals surface area contributed by atoms with Crippen LogP contribution >= 0.6 is 11.6 Å². The Morgan fingerprint density at radius 3 is 2.21 bits per heavy atom. The molecule has 238 valence electrons. The molecule has 7 N–H and O–H groups in total. The van der Waals surface area contributed by atoms with E-state index in [2.05, 4.69) is 5.73 Å². The summed E-state index contributed by atoms with van der Waals surface area (Å²) < 4.78 is 21.0. The number of hydrogen-bond donors (Lipinski definition) is 4. The highest BCUT2D eigenvalue weighted by Crippen LogP contribution is 2.38. The summed E-state index contributed by atoms with van der Waals surface area (Å²) in [5.74, 6) is -0.847. The number of hydrogen-bond acceptors (Lipinski definition) is 6. The van der Waals surface area contributed by atoms with Gasteiger partial charge in [0, 0.05) is 40.2 Å². The fraction of sp³-hybridized carbons (Fsp3) is 0.457.